The lowest BCUT2D eigenvalue weighted by Crippen LogP contribution is -2.14. The molecule has 0 aliphatic heterocycles. The van der Waals surface area contributed by atoms with E-state index >= 15 is 0 Å². The number of carboxylic acid groups (broad SMARTS) is 1. The van der Waals surface area contributed by atoms with E-state index in [1.165, 1.54) is 17.4 Å². The maximum absolute atomic E-state index is 12.0. The Morgan fingerprint density at radius 3 is 2.74 bits per heavy atom. The number of rotatable bonds is 3. The zero-order valence-corrected chi connectivity index (χ0v) is 12.8. The van der Waals surface area contributed by atoms with Crippen LogP contribution in [0.25, 0.3) is 0 Å². The molecule has 19 heavy (non-hydrogen) atoms. The first-order valence-electron chi connectivity index (χ1n) is 5.23. The Kier molecular flexibility index (Phi) is 4.15. The molecule has 1 heterocycles. The number of carbonyl (C=O) groups excluding carboxylic acids is 1. The van der Waals surface area contributed by atoms with Crippen molar-refractivity contribution in [3.8, 4) is 0 Å². The Morgan fingerprint density at radius 1 is 1.42 bits per heavy atom. The Balaban J connectivity index is 2.32. The van der Waals surface area contributed by atoms with Crippen LogP contribution in [0.5, 0.6) is 0 Å². The summed E-state index contributed by atoms with van der Waals surface area (Å²) >= 11 is 3.24. The highest BCUT2D eigenvalue weighted by molar-refractivity contribution is 14.1. The highest BCUT2D eigenvalue weighted by atomic mass is 127. The van der Waals surface area contributed by atoms with E-state index in [1.54, 1.807) is 24.6 Å². The molecular formula is C12H9IN2O3S. The minimum atomic E-state index is -1.07. The summed E-state index contributed by atoms with van der Waals surface area (Å²) < 4.78 is 0.793. The number of benzene rings is 1. The van der Waals surface area contributed by atoms with Crippen LogP contribution in [-0.2, 0) is 0 Å². The third-order valence-corrected chi connectivity index (χ3v) is 4.01. The largest absolute Gasteiger partial charge is 0.478 e. The molecule has 98 valence electrons. The van der Waals surface area contributed by atoms with Gasteiger partial charge in [-0.15, -0.1) is 11.3 Å². The Hall–Kier alpha value is -1.48. The average molecular weight is 388 g/mol. The maximum Gasteiger partial charge on any atom is 0.337 e. The minimum absolute atomic E-state index is 0.0717. The van der Waals surface area contributed by atoms with Gasteiger partial charge in [0.05, 0.1) is 22.5 Å². The predicted octanol–water partition coefficient (Wildman–Crippen LogP) is 3.01. The Morgan fingerprint density at radius 2 is 2.16 bits per heavy atom. The quantitative estimate of drug-likeness (QED) is 0.793. The molecule has 2 N–H and O–H groups in total. The van der Waals surface area contributed by atoms with E-state index in [0.717, 1.165) is 3.57 Å². The molecular weight excluding hydrogens is 379 g/mol. The molecule has 2 rings (SSSR count). The maximum atomic E-state index is 12.0. The second kappa shape index (κ2) is 5.66. The van der Waals surface area contributed by atoms with E-state index in [0.29, 0.717) is 10.6 Å². The van der Waals surface area contributed by atoms with Crippen LogP contribution in [-0.4, -0.2) is 22.0 Å². The molecule has 7 heteroatoms. The molecule has 0 aliphatic carbocycles. The summed E-state index contributed by atoms with van der Waals surface area (Å²) in [4.78, 5) is 27.6. The summed E-state index contributed by atoms with van der Waals surface area (Å²) in [6, 6.07) is 4.83. The molecule has 2 aromatic rings. The van der Waals surface area contributed by atoms with E-state index in [4.69, 9.17) is 5.11 Å². The average Bonchev–Trinajstić information content (AvgIpc) is 2.77. The number of hydrogen-bond acceptors (Lipinski definition) is 4. The smallest absolute Gasteiger partial charge is 0.337 e. The van der Waals surface area contributed by atoms with Crippen LogP contribution in [0, 0.1) is 10.5 Å². The topological polar surface area (TPSA) is 79.3 Å². The zero-order valence-electron chi connectivity index (χ0n) is 9.81. The number of aryl methyl sites for hydroxylation is 1. The second-order valence-electron chi connectivity index (χ2n) is 3.72. The van der Waals surface area contributed by atoms with Crippen molar-refractivity contribution in [2.75, 3.05) is 5.32 Å². The molecule has 0 radical (unpaired) electrons. The summed E-state index contributed by atoms with van der Waals surface area (Å²) in [6.45, 7) is 1.73. The zero-order chi connectivity index (χ0) is 14.0. The lowest BCUT2D eigenvalue weighted by Gasteiger charge is -2.08. The summed E-state index contributed by atoms with van der Waals surface area (Å²) in [5.41, 5.74) is 2.56. The number of carboxylic acids is 1. The second-order valence-corrected chi connectivity index (χ2v) is 5.82. The van der Waals surface area contributed by atoms with Crippen molar-refractivity contribution in [1.82, 2.24) is 4.98 Å². The summed E-state index contributed by atoms with van der Waals surface area (Å²) in [5, 5.41) is 11.7. The molecule has 0 aliphatic rings. The molecule has 0 unspecified atom stereocenters. The number of anilines is 1. The van der Waals surface area contributed by atoms with Crippen molar-refractivity contribution in [2.45, 2.75) is 6.92 Å². The number of aromatic nitrogens is 1. The fourth-order valence-corrected chi connectivity index (χ4v) is 2.69. The van der Waals surface area contributed by atoms with Gasteiger partial charge in [-0.1, -0.05) is 0 Å². The van der Waals surface area contributed by atoms with Crippen LogP contribution in [0.2, 0.25) is 0 Å². The van der Waals surface area contributed by atoms with Gasteiger partial charge < -0.3 is 10.4 Å². The molecule has 0 spiro atoms. The van der Waals surface area contributed by atoms with Gasteiger partial charge in [-0.3, -0.25) is 4.79 Å². The highest BCUT2D eigenvalue weighted by Crippen LogP contribution is 2.21. The fraction of sp³-hybridized carbons (Fsp3) is 0.0833. The first kappa shape index (κ1) is 13.9. The Bertz CT molecular complexity index is 654. The molecule has 1 aromatic heterocycles. The number of halogens is 1. The molecule has 0 saturated carbocycles. The molecule has 1 aromatic carbocycles. The van der Waals surface area contributed by atoms with Crippen molar-refractivity contribution in [2.24, 2.45) is 0 Å². The van der Waals surface area contributed by atoms with Crippen molar-refractivity contribution in [3.05, 3.63) is 43.4 Å². The normalized spacial score (nSPS) is 10.2. The molecule has 0 atom stereocenters. The SMILES string of the molecule is Cc1ncsc1C(=O)Nc1ccc(I)cc1C(=O)O. The van der Waals surface area contributed by atoms with Gasteiger partial charge in [-0.2, -0.15) is 0 Å². The Labute approximate surface area is 126 Å². The third-order valence-electron chi connectivity index (χ3n) is 2.41. The van der Waals surface area contributed by atoms with Crippen LogP contribution in [0.4, 0.5) is 5.69 Å². The molecule has 0 bridgehead atoms. The first-order chi connectivity index (χ1) is 8.99. The van der Waals surface area contributed by atoms with Gasteiger partial charge in [-0.25, -0.2) is 9.78 Å². The standard InChI is InChI=1S/C12H9IN2O3S/c1-6-10(19-5-14-6)11(16)15-9-3-2-7(13)4-8(9)12(17)18/h2-5H,1H3,(H,15,16)(H,17,18). The highest BCUT2D eigenvalue weighted by Gasteiger charge is 2.16. The molecule has 0 saturated heterocycles. The van der Waals surface area contributed by atoms with Crippen LogP contribution in [0.3, 0.4) is 0 Å². The van der Waals surface area contributed by atoms with Crippen LogP contribution < -0.4 is 5.32 Å². The van der Waals surface area contributed by atoms with Gasteiger partial charge in [0.1, 0.15) is 4.88 Å². The number of thiazole rings is 1. The van der Waals surface area contributed by atoms with E-state index in [1.807, 2.05) is 22.6 Å². The lowest BCUT2D eigenvalue weighted by molar-refractivity contribution is 0.0698. The first-order valence-corrected chi connectivity index (χ1v) is 7.19. The van der Waals surface area contributed by atoms with E-state index in [9.17, 15) is 9.59 Å². The number of nitrogens with one attached hydrogen (secondary N) is 1. The lowest BCUT2D eigenvalue weighted by atomic mass is 10.2. The van der Waals surface area contributed by atoms with Gasteiger partial charge in [0, 0.05) is 3.57 Å². The van der Waals surface area contributed by atoms with Crippen molar-refractivity contribution < 1.29 is 14.7 Å². The van der Waals surface area contributed by atoms with E-state index in [-0.39, 0.29) is 17.2 Å². The van der Waals surface area contributed by atoms with Gasteiger partial charge in [-0.05, 0) is 47.7 Å². The summed E-state index contributed by atoms with van der Waals surface area (Å²) in [6.07, 6.45) is 0. The number of amides is 1. The third kappa shape index (κ3) is 3.10. The van der Waals surface area contributed by atoms with E-state index < -0.39 is 5.97 Å². The number of nitrogens with zero attached hydrogens (tertiary/aromatic N) is 1. The van der Waals surface area contributed by atoms with Gasteiger partial charge >= 0.3 is 5.97 Å². The fourth-order valence-electron chi connectivity index (χ4n) is 1.50. The van der Waals surface area contributed by atoms with Gasteiger partial charge in [0.15, 0.2) is 0 Å². The summed E-state index contributed by atoms with van der Waals surface area (Å²) in [5.74, 6) is -1.42. The van der Waals surface area contributed by atoms with Crippen molar-refractivity contribution in [1.29, 1.82) is 0 Å². The van der Waals surface area contributed by atoms with Gasteiger partial charge in [0.25, 0.3) is 5.91 Å². The summed E-state index contributed by atoms with van der Waals surface area (Å²) in [7, 11) is 0. The molecule has 0 fully saturated rings. The minimum Gasteiger partial charge on any atom is -0.478 e. The van der Waals surface area contributed by atoms with Crippen molar-refractivity contribution >= 4 is 51.5 Å². The van der Waals surface area contributed by atoms with Gasteiger partial charge in [0.2, 0.25) is 0 Å². The monoisotopic (exact) mass is 388 g/mol. The van der Waals surface area contributed by atoms with Crippen LogP contribution >= 0.6 is 33.9 Å². The number of aromatic carboxylic acids is 1. The predicted molar refractivity (Wildman–Crippen MR) is 80.9 cm³/mol. The van der Waals surface area contributed by atoms with E-state index in [2.05, 4.69) is 10.3 Å². The molecule has 1 amide bonds. The number of hydrogen-bond donors (Lipinski definition) is 2. The van der Waals surface area contributed by atoms with Crippen molar-refractivity contribution in [3.63, 3.8) is 0 Å². The molecule has 5 nitrogen and oxygen atoms in total. The number of carbonyl (C=O) groups is 2. The van der Waals surface area contributed by atoms with Crippen LogP contribution in [0.15, 0.2) is 23.7 Å². The van der Waals surface area contributed by atoms with Crippen LogP contribution in [0.1, 0.15) is 25.7 Å².